The third-order valence-electron chi connectivity index (χ3n) is 5.98. The molecule has 0 saturated carbocycles. The van der Waals surface area contributed by atoms with Crippen molar-refractivity contribution < 1.29 is 18.7 Å². The number of aromatic nitrogens is 2. The van der Waals surface area contributed by atoms with E-state index in [2.05, 4.69) is 22.0 Å². The first-order valence-corrected chi connectivity index (χ1v) is 11.0. The van der Waals surface area contributed by atoms with Crippen LogP contribution in [0, 0.1) is 12.7 Å². The van der Waals surface area contributed by atoms with E-state index in [1.165, 1.54) is 19.2 Å². The monoisotopic (exact) mass is 464 g/mol. The highest BCUT2D eigenvalue weighted by Crippen LogP contribution is 2.32. The number of aryl methyl sites for hydroxylation is 1. The van der Waals surface area contributed by atoms with Gasteiger partial charge in [0.25, 0.3) is 0 Å². The van der Waals surface area contributed by atoms with Crippen molar-refractivity contribution in [3.63, 3.8) is 0 Å². The molecule has 0 N–H and O–H groups in total. The minimum absolute atomic E-state index is 0.274. The average molecular weight is 465 g/mol. The third kappa shape index (κ3) is 4.82. The largest absolute Gasteiger partial charge is 0.495 e. The predicted molar refractivity (Wildman–Crippen MR) is 130 cm³/mol. The van der Waals surface area contributed by atoms with Gasteiger partial charge in [-0.3, -0.25) is 0 Å². The zero-order valence-corrected chi connectivity index (χ0v) is 19.9. The van der Waals surface area contributed by atoms with Crippen molar-refractivity contribution in [3.05, 3.63) is 83.7 Å². The van der Waals surface area contributed by atoms with E-state index in [0.717, 1.165) is 28.3 Å². The summed E-state index contributed by atoms with van der Waals surface area (Å²) in [5.74, 6) is 1.10. The molecule has 8 heteroatoms. The van der Waals surface area contributed by atoms with Crippen LogP contribution in [0.3, 0.4) is 0 Å². The molecule has 0 radical (unpaired) electrons. The van der Waals surface area contributed by atoms with Crippen LogP contribution < -0.4 is 4.74 Å². The zero-order chi connectivity index (χ0) is 24.1. The first-order chi connectivity index (χ1) is 16.4. The summed E-state index contributed by atoms with van der Waals surface area (Å²) in [5.41, 5.74) is 3.18. The number of morpholine rings is 1. The number of ether oxygens (including phenoxy) is 2. The van der Waals surface area contributed by atoms with Gasteiger partial charge in [0.05, 0.1) is 43.6 Å². The van der Waals surface area contributed by atoms with E-state index in [-0.39, 0.29) is 5.82 Å². The van der Waals surface area contributed by atoms with Crippen molar-refractivity contribution >= 4 is 11.9 Å². The third-order valence-corrected chi connectivity index (χ3v) is 5.98. The number of benzene rings is 2. The van der Waals surface area contributed by atoms with Crippen LogP contribution in [-0.2, 0) is 15.1 Å². The lowest BCUT2D eigenvalue weighted by Gasteiger charge is -2.45. The number of nitrogens with zero attached hydrogens (tertiary/aromatic N) is 4. The van der Waals surface area contributed by atoms with Crippen molar-refractivity contribution in [2.45, 2.75) is 19.4 Å². The lowest BCUT2D eigenvalue weighted by atomic mass is 9.89. The molecule has 0 amide bonds. The fraction of sp³-hybridized carbons (Fsp3) is 0.308. The van der Waals surface area contributed by atoms with Crippen LogP contribution in [0.5, 0.6) is 5.75 Å². The van der Waals surface area contributed by atoms with Crippen LogP contribution >= 0.6 is 0 Å². The molecule has 1 saturated heterocycles. The molecule has 1 unspecified atom stereocenters. The van der Waals surface area contributed by atoms with E-state index in [4.69, 9.17) is 14.3 Å². The van der Waals surface area contributed by atoms with Crippen LogP contribution in [-0.4, -0.2) is 54.3 Å². The number of oxime groups is 1. The summed E-state index contributed by atoms with van der Waals surface area (Å²) >= 11 is 0. The number of rotatable bonds is 6. The maximum Gasteiger partial charge on any atom is 0.169 e. The highest BCUT2D eigenvalue weighted by atomic mass is 19.1. The van der Waals surface area contributed by atoms with Gasteiger partial charge in [-0.2, -0.15) is 0 Å². The van der Waals surface area contributed by atoms with E-state index < -0.39 is 5.54 Å². The minimum atomic E-state index is -0.533. The van der Waals surface area contributed by atoms with Gasteiger partial charge in [-0.1, -0.05) is 29.4 Å². The Hall–Kier alpha value is -3.65. The maximum atomic E-state index is 13.5. The number of halogens is 1. The summed E-state index contributed by atoms with van der Waals surface area (Å²) in [4.78, 5) is 11.6. The van der Waals surface area contributed by atoms with E-state index >= 15 is 0 Å². The molecule has 1 fully saturated rings. The Kier molecular flexibility index (Phi) is 6.98. The number of hydrogen-bond donors (Lipinski definition) is 0. The van der Waals surface area contributed by atoms with Crippen LogP contribution in [0.2, 0.25) is 0 Å². The molecule has 1 atom stereocenters. The van der Waals surface area contributed by atoms with Crippen LogP contribution in [0.15, 0.2) is 66.2 Å². The van der Waals surface area contributed by atoms with Crippen molar-refractivity contribution in [1.82, 2.24) is 14.5 Å². The molecule has 178 valence electrons. The predicted octanol–water partition coefficient (Wildman–Crippen LogP) is 4.55. The van der Waals surface area contributed by atoms with Crippen LogP contribution in [0.25, 0.3) is 11.8 Å². The second-order valence-electron chi connectivity index (χ2n) is 8.30. The maximum absolute atomic E-state index is 13.5. The Morgan fingerprint density at radius 3 is 2.68 bits per heavy atom. The van der Waals surface area contributed by atoms with Gasteiger partial charge in [0.1, 0.15) is 18.7 Å². The van der Waals surface area contributed by atoms with Crippen molar-refractivity contribution in [1.29, 1.82) is 0 Å². The summed E-state index contributed by atoms with van der Waals surface area (Å²) in [6.07, 6.45) is 7.59. The van der Waals surface area contributed by atoms with Crippen LogP contribution in [0.1, 0.15) is 23.7 Å². The van der Waals surface area contributed by atoms with Gasteiger partial charge < -0.3 is 23.8 Å². The van der Waals surface area contributed by atoms with Crippen molar-refractivity contribution in [3.8, 4) is 11.4 Å². The highest BCUT2D eigenvalue weighted by Gasteiger charge is 2.38. The topological polar surface area (TPSA) is 61.1 Å². The standard InChI is InChI=1S/C26H29FN4O3/c1-19-16-30(18-28-19)23-11-5-20(15-24(23)32-3)6-12-25(29-33-4)31-13-14-34-17-26(31,2)21-7-9-22(27)10-8-21/h5-12,15-16,18H,13-14,17H2,1-4H3. The van der Waals surface area contributed by atoms with Gasteiger partial charge in [-0.15, -0.1) is 0 Å². The molecular formula is C26H29FN4O3. The fourth-order valence-corrected chi connectivity index (χ4v) is 4.17. The van der Waals surface area contributed by atoms with Gasteiger partial charge in [-0.05, 0) is 55.3 Å². The Morgan fingerprint density at radius 1 is 1.21 bits per heavy atom. The molecule has 2 heterocycles. The normalized spacial score (nSPS) is 19.0. The molecular weight excluding hydrogens is 435 g/mol. The van der Waals surface area contributed by atoms with Gasteiger partial charge in [0, 0.05) is 12.7 Å². The zero-order valence-electron chi connectivity index (χ0n) is 19.9. The van der Waals surface area contributed by atoms with Crippen molar-refractivity contribution in [2.24, 2.45) is 5.16 Å². The first-order valence-electron chi connectivity index (χ1n) is 11.0. The Balaban J connectivity index is 1.64. The fourth-order valence-electron chi connectivity index (χ4n) is 4.17. The molecule has 1 aromatic heterocycles. The Morgan fingerprint density at radius 2 is 2.00 bits per heavy atom. The lowest BCUT2D eigenvalue weighted by molar-refractivity contribution is -0.0283. The minimum Gasteiger partial charge on any atom is -0.495 e. The van der Waals surface area contributed by atoms with E-state index in [0.29, 0.717) is 25.6 Å². The molecule has 1 aliphatic rings. The number of methoxy groups -OCH3 is 1. The molecule has 0 bridgehead atoms. The number of amidine groups is 1. The van der Waals surface area contributed by atoms with E-state index in [1.54, 1.807) is 25.6 Å². The number of hydrogen-bond acceptors (Lipinski definition) is 5. The number of imidazole rings is 1. The lowest BCUT2D eigenvalue weighted by Crippen LogP contribution is -2.54. The first kappa shape index (κ1) is 23.5. The highest BCUT2D eigenvalue weighted by molar-refractivity contribution is 5.97. The summed E-state index contributed by atoms with van der Waals surface area (Å²) < 4.78 is 26.9. The summed E-state index contributed by atoms with van der Waals surface area (Å²) in [6.45, 7) is 5.62. The molecule has 1 aliphatic heterocycles. The van der Waals surface area contributed by atoms with Gasteiger partial charge in [0.15, 0.2) is 5.84 Å². The Labute approximate surface area is 199 Å². The SMILES string of the molecule is CON=C(C=Cc1ccc(-n2cnc(C)c2)c(OC)c1)N1CCOCC1(C)c1ccc(F)cc1. The molecule has 4 rings (SSSR count). The van der Waals surface area contributed by atoms with Crippen LogP contribution in [0.4, 0.5) is 4.39 Å². The second kappa shape index (κ2) is 10.1. The smallest absolute Gasteiger partial charge is 0.169 e. The van der Waals surface area contributed by atoms with Gasteiger partial charge >= 0.3 is 0 Å². The van der Waals surface area contributed by atoms with Crippen molar-refractivity contribution in [2.75, 3.05) is 34.0 Å². The summed E-state index contributed by atoms with van der Waals surface area (Å²) in [6, 6.07) is 12.5. The molecule has 0 spiro atoms. The molecule has 7 nitrogen and oxygen atoms in total. The second-order valence-corrected chi connectivity index (χ2v) is 8.30. The average Bonchev–Trinajstić information content (AvgIpc) is 3.28. The van der Waals surface area contributed by atoms with Gasteiger partial charge in [0.2, 0.25) is 0 Å². The van der Waals surface area contributed by atoms with E-state index in [1.807, 2.05) is 48.0 Å². The molecule has 3 aromatic rings. The summed E-state index contributed by atoms with van der Waals surface area (Å²) in [5, 5.41) is 4.29. The molecule has 34 heavy (non-hydrogen) atoms. The Bertz CT molecular complexity index is 1190. The molecule has 2 aromatic carbocycles. The summed E-state index contributed by atoms with van der Waals surface area (Å²) in [7, 11) is 3.17. The van der Waals surface area contributed by atoms with Gasteiger partial charge in [-0.25, -0.2) is 9.37 Å². The van der Waals surface area contributed by atoms with E-state index in [9.17, 15) is 4.39 Å². The molecule has 0 aliphatic carbocycles. The quantitative estimate of drug-likeness (QED) is 0.304.